The predicted octanol–water partition coefficient (Wildman–Crippen LogP) is 2.74. The molecule has 0 spiro atoms. The van der Waals surface area contributed by atoms with Crippen LogP contribution in [0.5, 0.6) is 5.75 Å². The second kappa shape index (κ2) is 9.22. The summed E-state index contributed by atoms with van der Waals surface area (Å²) in [5.74, 6) is 0.175. The van der Waals surface area contributed by atoms with Crippen LogP contribution in [0.4, 0.5) is 5.69 Å². The number of hydrazone groups is 1. The fourth-order valence-corrected chi connectivity index (χ4v) is 2.04. The molecule has 0 heterocycles. The maximum absolute atomic E-state index is 11.7. The van der Waals surface area contributed by atoms with Gasteiger partial charge in [-0.05, 0) is 41.8 Å². The summed E-state index contributed by atoms with van der Waals surface area (Å²) in [7, 11) is 0. The molecule has 0 radical (unpaired) electrons. The van der Waals surface area contributed by atoms with E-state index in [-0.39, 0.29) is 18.4 Å². The van der Waals surface area contributed by atoms with Crippen molar-refractivity contribution in [3.05, 3.63) is 59.7 Å². The minimum absolute atomic E-state index is 0.107. The zero-order valence-electron chi connectivity index (χ0n) is 14.3. The zero-order valence-corrected chi connectivity index (χ0v) is 14.3. The van der Waals surface area contributed by atoms with Gasteiger partial charge in [0.15, 0.2) is 6.61 Å². The summed E-state index contributed by atoms with van der Waals surface area (Å²) >= 11 is 0. The number of hydrogen-bond donors (Lipinski definition) is 2. The van der Waals surface area contributed by atoms with Crippen LogP contribution in [-0.2, 0) is 16.0 Å². The van der Waals surface area contributed by atoms with Crippen LogP contribution in [0, 0.1) is 0 Å². The normalized spacial score (nSPS) is 10.5. The van der Waals surface area contributed by atoms with E-state index in [2.05, 4.69) is 22.8 Å². The van der Waals surface area contributed by atoms with Crippen LogP contribution in [0.1, 0.15) is 25.0 Å². The van der Waals surface area contributed by atoms with Crippen molar-refractivity contribution in [2.75, 3.05) is 11.9 Å². The number of carbonyl (C=O) groups is 2. The minimum Gasteiger partial charge on any atom is -0.484 e. The maximum atomic E-state index is 11.7. The van der Waals surface area contributed by atoms with E-state index < -0.39 is 0 Å². The molecular weight excluding hydrogens is 318 g/mol. The van der Waals surface area contributed by atoms with Crippen molar-refractivity contribution in [3.8, 4) is 5.75 Å². The molecule has 0 aliphatic carbocycles. The number of anilines is 1. The van der Waals surface area contributed by atoms with Crippen LogP contribution < -0.4 is 15.5 Å². The van der Waals surface area contributed by atoms with Gasteiger partial charge in [-0.15, -0.1) is 0 Å². The summed E-state index contributed by atoms with van der Waals surface area (Å²) in [5.41, 5.74) is 5.12. The monoisotopic (exact) mass is 339 g/mol. The molecular formula is C19H21N3O3. The molecule has 2 N–H and O–H groups in total. The molecule has 0 atom stereocenters. The number of hydrogen-bond acceptors (Lipinski definition) is 4. The minimum atomic E-state index is -0.342. The number of ether oxygens (including phenoxy) is 1. The van der Waals surface area contributed by atoms with Gasteiger partial charge in [0.2, 0.25) is 5.91 Å². The highest BCUT2D eigenvalue weighted by molar-refractivity contribution is 5.89. The Morgan fingerprint density at radius 1 is 1.08 bits per heavy atom. The Hall–Kier alpha value is -3.15. The Labute approximate surface area is 146 Å². The van der Waals surface area contributed by atoms with Gasteiger partial charge in [-0.3, -0.25) is 9.59 Å². The molecule has 2 amide bonds. The van der Waals surface area contributed by atoms with Gasteiger partial charge in [0.05, 0.1) is 6.21 Å². The van der Waals surface area contributed by atoms with E-state index in [4.69, 9.17) is 4.74 Å². The number of rotatable bonds is 7. The molecule has 25 heavy (non-hydrogen) atoms. The first-order valence-corrected chi connectivity index (χ1v) is 7.98. The number of amides is 2. The quantitative estimate of drug-likeness (QED) is 0.601. The molecule has 0 aliphatic heterocycles. The van der Waals surface area contributed by atoms with Gasteiger partial charge < -0.3 is 10.1 Å². The molecule has 0 fully saturated rings. The van der Waals surface area contributed by atoms with Gasteiger partial charge in [-0.2, -0.15) is 5.10 Å². The largest absolute Gasteiger partial charge is 0.484 e. The molecule has 0 unspecified atom stereocenters. The molecule has 0 aliphatic rings. The predicted molar refractivity (Wildman–Crippen MR) is 97.8 cm³/mol. The van der Waals surface area contributed by atoms with E-state index in [0.717, 1.165) is 12.0 Å². The summed E-state index contributed by atoms with van der Waals surface area (Å²) in [6.07, 6.45) is 2.48. The molecule has 0 aromatic heterocycles. The standard InChI is InChI=1S/C19H21N3O3/c1-3-15-6-10-18(11-7-15)25-13-19(24)22-20-12-16-4-8-17(9-5-16)21-14(2)23/h4-12H,3,13H2,1-2H3,(H,21,23)(H,22,24)/b20-12+. The molecule has 130 valence electrons. The van der Waals surface area contributed by atoms with Gasteiger partial charge in [0.25, 0.3) is 5.91 Å². The fourth-order valence-electron chi connectivity index (χ4n) is 2.04. The molecule has 0 saturated heterocycles. The lowest BCUT2D eigenvalue weighted by Gasteiger charge is -2.05. The van der Waals surface area contributed by atoms with Gasteiger partial charge >= 0.3 is 0 Å². The first-order chi connectivity index (χ1) is 12.1. The summed E-state index contributed by atoms with van der Waals surface area (Å²) in [5, 5.41) is 6.56. The van der Waals surface area contributed by atoms with Crippen molar-refractivity contribution < 1.29 is 14.3 Å². The number of nitrogens with zero attached hydrogens (tertiary/aromatic N) is 1. The maximum Gasteiger partial charge on any atom is 0.277 e. The molecule has 2 aromatic rings. The second-order valence-electron chi connectivity index (χ2n) is 5.38. The highest BCUT2D eigenvalue weighted by atomic mass is 16.5. The number of aryl methyl sites for hydroxylation is 1. The van der Waals surface area contributed by atoms with E-state index >= 15 is 0 Å². The SMILES string of the molecule is CCc1ccc(OCC(=O)N/N=C/c2ccc(NC(C)=O)cc2)cc1. The lowest BCUT2D eigenvalue weighted by atomic mass is 10.2. The van der Waals surface area contributed by atoms with Crippen LogP contribution in [-0.4, -0.2) is 24.6 Å². The third-order valence-corrected chi connectivity index (χ3v) is 3.34. The van der Waals surface area contributed by atoms with Crippen molar-refractivity contribution in [3.63, 3.8) is 0 Å². The first kappa shape index (κ1) is 18.2. The number of benzene rings is 2. The Bertz CT molecular complexity index is 738. The van der Waals surface area contributed by atoms with Crippen LogP contribution >= 0.6 is 0 Å². The topological polar surface area (TPSA) is 79.8 Å². The van der Waals surface area contributed by atoms with Crippen molar-refractivity contribution in [1.82, 2.24) is 5.43 Å². The summed E-state index contributed by atoms with van der Waals surface area (Å²) in [6, 6.07) is 14.7. The second-order valence-corrected chi connectivity index (χ2v) is 5.38. The summed E-state index contributed by atoms with van der Waals surface area (Å²) in [6.45, 7) is 3.42. The van der Waals surface area contributed by atoms with Gasteiger partial charge in [-0.1, -0.05) is 31.2 Å². The van der Waals surface area contributed by atoms with Gasteiger partial charge in [0.1, 0.15) is 5.75 Å². The van der Waals surface area contributed by atoms with Crippen molar-refractivity contribution >= 4 is 23.7 Å². The van der Waals surface area contributed by atoms with Gasteiger partial charge in [0, 0.05) is 12.6 Å². The van der Waals surface area contributed by atoms with E-state index in [1.54, 1.807) is 24.3 Å². The van der Waals surface area contributed by atoms with Crippen LogP contribution in [0.2, 0.25) is 0 Å². The molecule has 2 aromatic carbocycles. The zero-order chi connectivity index (χ0) is 18.1. The lowest BCUT2D eigenvalue weighted by Crippen LogP contribution is -2.24. The molecule has 0 bridgehead atoms. The first-order valence-electron chi connectivity index (χ1n) is 7.98. The number of nitrogens with one attached hydrogen (secondary N) is 2. The van der Waals surface area contributed by atoms with E-state index in [9.17, 15) is 9.59 Å². The molecule has 6 nitrogen and oxygen atoms in total. The third kappa shape index (κ3) is 6.47. The van der Waals surface area contributed by atoms with Crippen LogP contribution in [0.15, 0.2) is 53.6 Å². The highest BCUT2D eigenvalue weighted by Gasteiger charge is 2.01. The Morgan fingerprint density at radius 3 is 2.36 bits per heavy atom. The third-order valence-electron chi connectivity index (χ3n) is 3.34. The van der Waals surface area contributed by atoms with Crippen LogP contribution in [0.3, 0.4) is 0 Å². The van der Waals surface area contributed by atoms with Crippen LogP contribution in [0.25, 0.3) is 0 Å². The summed E-state index contributed by atoms with van der Waals surface area (Å²) in [4.78, 5) is 22.7. The molecule has 6 heteroatoms. The van der Waals surface area contributed by atoms with Crippen molar-refractivity contribution in [2.24, 2.45) is 5.10 Å². The fraction of sp³-hybridized carbons (Fsp3) is 0.211. The average Bonchev–Trinajstić information content (AvgIpc) is 2.61. The highest BCUT2D eigenvalue weighted by Crippen LogP contribution is 2.12. The van der Waals surface area contributed by atoms with E-state index in [1.807, 2.05) is 24.3 Å². The smallest absolute Gasteiger partial charge is 0.277 e. The molecule has 0 saturated carbocycles. The van der Waals surface area contributed by atoms with Crippen molar-refractivity contribution in [1.29, 1.82) is 0 Å². The van der Waals surface area contributed by atoms with E-state index in [0.29, 0.717) is 11.4 Å². The summed E-state index contributed by atoms with van der Waals surface area (Å²) < 4.78 is 5.40. The Morgan fingerprint density at radius 2 is 1.76 bits per heavy atom. The number of carbonyl (C=O) groups excluding carboxylic acids is 2. The van der Waals surface area contributed by atoms with E-state index in [1.165, 1.54) is 18.7 Å². The molecule has 2 rings (SSSR count). The average molecular weight is 339 g/mol. The van der Waals surface area contributed by atoms with Gasteiger partial charge in [-0.25, -0.2) is 5.43 Å². The Balaban J connectivity index is 1.76. The Kier molecular flexibility index (Phi) is 6.71. The lowest BCUT2D eigenvalue weighted by molar-refractivity contribution is -0.123. The van der Waals surface area contributed by atoms with Crippen molar-refractivity contribution in [2.45, 2.75) is 20.3 Å².